The minimum absolute atomic E-state index is 0.0509. The van der Waals surface area contributed by atoms with E-state index in [0.717, 1.165) is 5.56 Å². The number of nitrogens with zero attached hydrogens (tertiary/aromatic N) is 1. The summed E-state index contributed by atoms with van der Waals surface area (Å²) in [5, 5.41) is 13.8. The van der Waals surface area contributed by atoms with Crippen molar-refractivity contribution in [3.8, 4) is 17.2 Å². The van der Waals surface area contributed by atoms with Crippen LogP contribution in [0.4, 0.5) is 5.69 Å². The van der Waals surface area contributed by atoms with Gasteiger partial charge < -0.3 is 19.5 Å². The summed E-state index contributed by atoms with van der Waals surface area (Å²) in [6, 6.07) is 11.1. The number of amides is 1. The molecule has 2 rings (SSSR count). The van der Waals surface area contributed by atoms with E-state index in [0.29, 0.717) is 24.7 Å². The Labute approximate surface area is 163 Å². The van der Waals surface area contributed by atoms with Gasteiger partial charge in [-0.3, -0.25) is 14.9 Å². The molecular formula is C20H24N2O6. The number of para-hydroxylation sites is 2. The molecular weight excluding hydrogens is 364 g/mol. The highest BCUT2D eigenvalue weighted by atomic mass is 16.6. The van der Waals surface area contributed by atoms with Crippen LogP contribution in [0.2, 0.25) is 0 Å². The highest BCUT2D eigenvalue weighted by molar-refractivity contribution is 5.78. The second-order valence-corrected chi connectivity index (χ2v) is 5.87. The highest BCUT2D eigenvalue weighted by Crippen LogP contribution is 2.31. The minimum atomic E-state index is -0.551. The Morgan fingerprint density at radius 3 is 2.39 bits per heavy atom. The highest BCUT2D eigenvalue weighted by Gasteiger charge is 2.17. The lowest BCUT2D eigenvalue weighted by molar-refractivity contribution is -0.385. The minimum Gasteiger partial charge on any atom is -0.490 e. The van der Waals surface area contributed by atoms with Gasteiger partial charge in [0.1, 0.15) is 0 Å². The number of ether oxygens (including phenoxy) is 3. The van der Waals surface area contributed by atoms with Gasteiger partial charge in [0.15, 0.2) is 23.9 Å². The van der Waals surface area contributed by atoms with E-state index in [1.165, 1.54) is 18.2 Å². The Bertz CT molecular complexity index is 824. The van der Waals surface area contributed by atoms with Crippen LogP contribution in [0, 0.1) is 10.1 Å². The van der Waals surface area contributed by atoms with E-state index in [1.54, 1.807) is 12.1 Å². The van der Waals surface area contributed by atoms with Gasteiger partial charge in [0.25, 0.3) is 5.91 Å². The second-order valence-electron chi connectivity index (χ2n) is 5.87. The quantitative estimate of drug-likeness (QED) is 0.493. The first-order chi connectivity index (χ1) is 13.5. The average Bonchev–Trinajstić information content (AvgIpc) is 2.68. The van der Waals surface area contributed by atoms with E-state index in [1.807, 2.05) is 32.9 Å². The third kappa shape index (κ3) is 5.60. The summed E-state index contributed by atoms with van der Waals surface area (Å²) in [4.78, 5) is 22.6. The van der Waals surface area contributed by atoms with Gasteiger partial charge >= 0.3 is 5.69 Å². The molecule has 8 heteroatoms. The zero-order valence-electron chi connectivity index (χ0n) is 16.1. The lowest BCUT2D eigenvalue weighted by atomic mass is 10.1. The molecule has 0 fully saturated rings. The number of carbonyl (C=O) groups excluding carboxylic acids is 1. The van der Waals surface area contributed by atoms with Gasteiger partial charge in [0.2, 0.25) is 0 Å². The van der Waals surface area contributed by atoms with Gasteiger partial charge in [-0.05, 0) is 44.5 Å². The Morgan fingerprint density at radius 1 is 1.04 bits per heavy atom. The second kappa shape index (κ2) is 10.1. The molecule has 0 aliphatic heterocycles. The number of nitrogens with one attached hydrogen (secondary N) is 1. The summed E-state index contributed by atoms with van der Waals surface area (Å²) in [6.07, 6.45) is 0. The first kappa shape index (κ1) is 21.0. The van der Waals surface area contributed by atoms with E-state index in [9.17, 15) is 14.9 Å². The first-order valence-electron chi connectivity index (χ1n) is 9.01. The lowest BCUT2D eigenvalue weighted by Crippen LogP contribution is -2.31. The molecule has 0 saturated heterocycles. The van der Waals surface area contributed by atoms with E-state index in [2.05, 4.69) is 5.32 Å². The maximum absolute atomic E-state index is 12.2. The van der Waals surface area contributed by atoms with Crippen LogP contribution in [0.1, 0.15) is 32.4 Å². The predicted molar refractivity (Wildman–Crippen MR) is 104 cm³/mol. The zero-order chi connectivity index (χ0) is 20.5. The van der Waals surface area contributed by atoms with E-state index in [4.69, 9.17) is 14.2 Å². The fraction of sp³-hybridized carbons (Fsp3) is 0.350. The largest absolute Gasteiger partial charge is 0.490 e. The molecule has 2 aromatic carbocycles. The predicted octanol–water partition coefficient (Wildman–Crippen LogP) is 3.65. The first-order valence-corrected chi connectivity index (χ1v) is 9.01. The molecule has 0 spiro atoms. The number of benzene rings is 2. The molecule has 8 nitrogen and oxygen atoms in total. The maximum Gasteiger partial charge on any atom is 0.310 e. The molecule has 2 aromatic rings. The van der Waals surface area contributed by atoms with Crippen molar-refractivity contribution in [2.24, 2.45) is 0 Å². The van der Waals surface area contributed by atoms with Crippen LogP contribution in [0.5, 0.6) is 17.2 Å². The summed E-state index contributed by atoms with van der Waals surface area (Å²) in [5.74, 6) is 0.915. The van der Waals surface area contributed by atoms with Crippen molar-refractivity contribution in [2.75, 3.05) is 19.8 Å². The van der Waals surface area contributed by atoms with Crippen molar-refractivity contribution in [1.82, 2.24) is 5.32 Å². The summed E-state index contributed by atoms with van der Waals surface area (Å²) in [6.45, 7) is 6.29. The van der Waals surface area contributed by atoms with Crippen molar-refractivity contribution in [2.45, 2.75) is 26.8 Å². The van der Waals surface area contributed by atoms with Crippen molar-refractivity contribution in [3.05, 3.63) is 58.1 Å². The van der Waals surface area contributed by atoms with Gasteiger partial charge in [-0.15, -0.1) is 0 Å². The van der Waals surface area contributed by atoms with Crippen molar-refractivity contribution >= 4 is 11.6 Å². The topological polar surface area (TPSA) is 99.9 Å². The van der Waals surface area contributed by atoms with E-state index in [-0.39, 0.29) is 24.1 Å². The molecule has 0 heterocycles. The average molecular weight is 388 g/mol. The molecule has 1 atom stereocenters. The van der Waals surface area contributed by atoms with Crippen molar-refractivity contribution in [1.29, 1.82) is 0 Å². The van der Waals surface area contributed by atoms with Crippen LogP contribution in [0.25, 0.3) is 0 Å². The van der Waals surface area contributed by atoms with Crippen LogP contribution in [0.3, 0.4) is 0 Å². The molecule has 1 N–H and O–H groups in total. The van der Waals surface area contributed by atoms with Crippen LogP contribution >= 0.6 is 0 Å². The standard InChI is InChI=1S/C20H24N2O6/c1-4-26-18-11-10-15(12-19(18)27-5-2)14(3)21-20(23)13-28-17-9-7-6-8-16(17)22(24)25/h6-12,14H,4-5,13H2,1-3H3,(H,21,23)/t14-/m0/s1. The number of nitro benzene ring substituents is 1. The van der Waals surface area contributed by atoms with Crippen LogP contribution in [-0.4, -0.2) is 30.7 Å². The summed E-state index contributed by atoms with van der Waals surface area (Å²) >= 11 is 0. The van der Waals surface area contributed by atoms with Crippen molar-refractivity contribution < 1.29 is 23.9 Å². The number of carbonyl (C=O) groups is 1. The molecule has 0 saturated carbocycles. The molecule has 28 heavy (non-hydrogen) atoms. The molecule has 0 aliphatic carbocycles. The third-order valence-corrected chi connectivity index (χ3v) is 3.87. The van der Waals surface area contributed by atoms with Crippen LogP contribution < -0.4 is 19.5 Å². The molecule has 150 valence electrons. The Morgan fingerprint density at radius 2 is 1.71 bits per heavy atom. The fourth-order valence-electron chi connectivity index (χ4n) is 2.58. The van der Waals surface area contributed by atoms with Gasteiger partial charge in [-0.1, -0.05) is 18.2 Å². The monoisotopic (exact) mass is 388 g/mol. The van der Waals surface area contributed by atoms with Crippen LogP contribution in [0.15, 0.2) is 42.5 Å². The summed E-state index contributed by atoms with van der Waals surface area (Å²) in [5.41, 5.74) is 0.655. The Balaban J connectivity index is 2.00. The van der Waals surface area contributed by atoms with Gasteiger partial charge in [-0.25, -0.2) is 0 Å². The Hall–Kier alpha value is -3.29. The molecule has 1 amide bonds. The number of hydrogen-bond donors (Lipinski definition) is 1. The molecule has 0 radical (unpaired) electrons. The number of nitro groups is 1. The molecule has 0 unspecified atom stereocenters. The van der Waals surface area contributed by atoms with Crippen LogP contribution in [-0.2, 0) is 4.79 Å². The lowest BCUT2D eigenvalue weighted by Gasteiger charge is -2.17. The molecule has 0 bridgehead atoms. The van der Waals surface area contributed by atoms with Gasteiger partial charge in [0.05, 0.1) is 24.2 Å². The van der Waals surface area contributed by atoms with Gasteiger partial charge in [-0.2, -0.15) is 0 Å². The van der Waals surface area contributed by atoms with E-state index >= 15 is 0 Å². The fourth-order valence-corrected chi connectivity index (χ4v) is 2.58. The van der Waals surface area contributed by atoms with Crippen molar-refractivity contribution in [3.63, 3.8) is 0 Å². The van der Waals surface area contributed by atoms with Gasteiger partial charge in [0, 0.05) is 6.07 Å². The third-order valence-electron chi connectivity index (χ3n) is 3.87. The number of rotatable bonds is 10. The Kier molecular flexibility index (Phi) is 7.62. The summed E-state index contributed by atoms with van der Waals surface area (Å²) < 4.78 is 16.4. The SMILES string of the molecule is CCOc1ccc([C@H](C)NC(=O)COc2ccccc2[N+](=O)[O-])cc1OCC. The van der Waals surface area contributed by atoms with E-state index < -0.39 is 10.8 Å². The molecule has 0 aromatic heterocycles. The smallest absolute Gasteiger partial charge is 0.310 e. The molecule has 0 aliphatic rings. The number of hydrogen-bond acceptors (Lipinski definition) is 6. The maximum atomic E-state index is 12.2. The summed E-state index contributed by atoms with van der Waals surface area (Å²) in [7, 11) is 0. The normalized spacial score (nSPS) is 11.4. The zero-order valence-corrected chi connectivity index (χ0v) is 16.1.